The second-order valence-electron chi connectivity index (χ2n) is 3.77. The minimum atomic E-state index is -0.674. The molecule has 0 saturated carbocycles. The number of nitrogens with zero attached hydrogens (tertiary/aromatic N) is 2. The molecule has 1 amide bonds. The number of aromatic nitrogens is 2. The number of anilines is 1. The van der Waals surface area contributed by atoms with E-state index in [-0.39, 0.29) is 12.5 Å². The maximum atomic E-state index is 11.8. The van der Waals surface area contributed by atoms with E-state index in [4.69, 9.17) is 14.9 Å². The Balaban J connectivity index is 2.14. The lowest BCUT2D eigenvalue weighted by Crippen LogP contribution is -2.35. The third-order valence-electron chi connectivity index (χ3n) is 2.53. The number of rotatable bonds is 5. The molecule has 0 aliphatic heterocycles. The van der Waals surface area contributed by atoms with Crippen LogP contribution in [-0.4, -0.2) is 35.9 Å². The zero-order valence-electron chi connectivity index (χ0n) is 10.4. The summed E-state index contributed by atoms with van der Waals surface area (Å²) < 4.78 is 10.0. The topological polar surface area (TPSA) is 103 Å². The Morgan fingerprint density at radius 3 is 3.05 bits per heavy atom. The van der Waals surface area contributed by atoms with E-state index in [1.807, 2.05) is 0 Å². The third-order valence-corrected chi connectivity index (χ3v) is 2.53. The lowest BCUT2D eigenvalue weighted by atomic mass is 10.2. The maximum Gasteiger partial charge on any atom is 0.254 e. The smallest absolute Gasteiger partial charge is 0.254 e. The molecule has 2 aromatic rings. The summed E-state index contributed by atoms with van der Waals surface area (Å²) in [6.45, 7) is 0.117. The van der Waals surface area contributed by atoms with Gasteiger partial charge >= 0.3 is 0 Å². The van der Waals surface area contributed by atoms with Crippen LogP contribution in [-0.2, 0) is 9.53 Å². The van der Waals surface area contributed by atoms with Gasteiger partial charge in [-0.3, -0.25) is 4.79 Å². The molecule has 1 atom stereocenters. The first-order valence-electron chi connectivity index (χ1n) is 5.65. The number of amides is 1. The molecule has 19 heavy (non-hydrogen) atoms. The number of nitrogens with one attached hydrogen (secondary N) is 1. The summed E-state index contributed by atoms with van der Waals surface area (Å²) >= 11 is 0. The van der Waals surface area contributed by atoms with Crippen molar-refractivity contribution in [1.29, 1.82) is 0 Å². The fourth-order valence-electron chi connectivity index (χ4n) is 1.56. The van der Waals surface area contributed by atoms with Gasteiger partial charge in [0.2, 0.25) is 12.3 Å². The molecule has 1 heterocycles. The van der Waals surface area contributed by atoms with Crippen LogP contribution in [0.5, 0.6) is 0 Å². The van der Waals surface area contributed by atoms with Gasteiger partial charge in [-0.2, -0.15) is 0 Å². The van der Waals surface area contributed by atoms with Gasteiger partial charge in [-0.15, -0.1) is 10.2 Å². The number of hydrogen-bond donors (Lipinski definition) is 2. The quantitative estimate of drug-likeness (QED) is 0.820. The van der Waals surface area contributed by atoms with E-state index in [0.717, 1.165) is 5.56 Å². The average molecular weight is 262 g/mol. The Hall–Kier alpha value is -2.25. The Kier molecular flexibility index (Phi) is 4.22. The molecule has 100 valence electrons. The van der Waals surface area contributed by atoms with Crippen molar-refractivity contribution in [3.8, 4) is 11.5 Å². The Bertz CT molecular complexity index is 538. The normalized spacial score (nSPS) is 12.1. The van der Waals surface area contributed by atoms with Gasteiger partial charge in [0.15, 0.2) is 0 Å². The standard InChI is InChI=1S/C12H14N4O3/c1-18-10(6-13)11(17)15-9-4-2-3-8(5-9)12-16-14-7-19-12/h2-5,7,10H,6,13H2,1H3,(H,15,17). The van der Waals surface area contributed by atoms with Gasteiger partial charge in [0, 0.05) is 24.9 Å². The van der Waals surface area contributed by atoms with Crippen molar-refractivity contribution < 1.29 is 13.9 Å². The molecule has 0 bridgehead atoms. The van der Waals surface area contributed by atoms with Gasteiger partial charge in [-0.05, 0) is 18.2 Å². The summed E-state index contributed by atoms with van der Waals surface area (Å²) in [5.74, 6) is 0.0888. The Morgan fingerprint density at radius 1 is 1.58 bits per heavy atom. The van der Waals surface area contributed by atoms with Crippen molar-refractivity contribution in [2.24, 2.45) is 5.73 Å². The molecule has 0 fully saturated rings. The summed E-state index contributed by atoms with van der Waals surface area (Å²) in [4.78, 5) is 11.8. The van der Waals surface area contributed by atoms with Crippen molar-refractivity contribution in [3.05, 3.63) is 30.7 Å². The van der Waals surface area contributed by atoms with Crippen LogP contribution in [0.4, 0.5) is 5.69 Å². The SMILES string of the molecule is COC(CN)C(=O)Nc1cccc(-c2nnco2)c1. The van der Waals surface area contributed by atoms with E-state index in [1.54, 1.807) is 24.3 Å². The van der Waals surface area contributed by atoms with E-state index in [9.17, 15) is 4.79 Å². The molecular weight excluding hydrogens is 248 g/mol. The second-order valence-corrected chi connectivity index (χ2v) is 3.77. The number of nitrogens with two attached hydrogens (primary N) is 1. The van der Waals surface area contributed by atoms with Crippen molar-refractivity contribution in [2.75, 3.05) is 19.0 Å². The van der Waals surface area contributed by atoms with Crippen LogP contribution in [0.2, 0.25) is 0 Å². The minimum Gasteiger partial charge on any atom is -0.423 e. The summed E-state index contributed by atoms with van der Waals surface area (Å²) in [5.41, 5.74) is 6.75. The molecule has 0 saturated heterocycles. The molecular formula is C12H14N4O3. The highest BCUT2D eigenvalue weighted by Gasteiger charge is 2.16. The largest absolute Gasteiger partial charge is 0.423 e. The van der Waals surface area contributed by atoms with Gasteiger partial charge < -0.3 is 20.2 Å². The number of benzene rings is 1. The summed E-state index contributed by atoms with van der Waals surface area (Å²) in [5, 5.41) is 10.1. The van der Waals surface area contributed by atoms with E-state index in [2.05, 4.69) is 15.5 Å². The van der Waals surface area contributed by atoms with Crippen LogP contribution in [0.15, 0.2) is 35.1 Å². The molecule has 0 radical (unpaired) electrons. The van der Waals surface area contributed by atoms with Crippen LogP contribution in [0, 0.1) is 0 Å². The summed E-state index contributed by atoms with van der Waals surface area (Å²) in [6.07, 6.45) is 0.572. The first kappa shape index (κ1) is 13.2. The number of carbonyl (C=O) groups is 1. The molecule has 2 rings (SSSR count). The molecule has 0 spiro atoms. The summed E-state index contributed by atoms with van der Waals surface area (Å²) in [7, 11) is 1.44. The van der Waals surface area contributed by atoms with E-state index >= 15 is 0 Å². The third kappa shape index (κ3) is 3.15. The van der Waals surface area contributed by atoms with E-state index in [1.165, 1.54) is 13.5 Å². The number of hydrogen-bond acceptors (Lipinski definition) is 6. The number of ether oxygens (including phenoxy) is 1. The average Bonchev–Trinajstić information content (AvgIpc) is 2.94. The first-order chi connectivity index (χ1) is 9.24. The highest BCUT2D eigenvalue weighted by Crippen LogP contribution is 2.20. The van der Waals surface area contributed by atoms with Gasteiger partial charge in [0.25, 0.3) is 5.91 Å². The van der Waals surface area contributed by atoms with E-state index in [0.29, 0.717) is 11.6 Å². The molecule has 7 nitrogen and oxygen atoms in total. The second kappa shape index (κ2) is 6.07. The highest BCUT2D eigenvalue weighted by atomic mass is 16.5. The van der Waals surface area contributed by atoms with Crippen LogP contribution in [0.3, 0.4) is 0 Å². The molecule has 0 aliphatic carbocycles. The molecule has 3 N–H and O–H groups in total. The lowest BCUT2D eigenvalue weighted by Gasteiger charge is -2.13. The highest BCUT2D eigenvalue weighted by molar-refractivity contribution is 5.94. The van der Waals surface area contributed by atoms with Crippen LogP contribution < -0.4 is 11.1 Å². The molecule has 7 heteroatoms. The predicted octanol–water partition coefficient (Wildman–Crippen LogP) is 0.649. The summed E-state index contributed by atoms with van der Waals surface area (Å²) in [6, 6.07) is 7.06. The Labute approximate surface area is 109 Å². The fraction of sp³-hybridized carbons (Fsp3) is 0.250. The van der Waals surface area contributed by atoms with Gasteiger partial charge in [-0.1, -0.05) is 6.07 Å². The predicted molar refractivity (Wildman–Crippen MR) is 68.2 cm³/mol. The van der Waals surface area contributed by atoms with Crippen LogP contribution in [0.1, 0.15) is 0 Å². The first-order valence-corrected chi connectivity index (χ1v) is 5.65. The van der Waals surface area contributed by atoms with Crippen LogP contribution >= 0.6 is 0 Å². The number of methoxy groups -OCH3 is 1. The Morgan fingerprint density at radius 2 is 2.42 bits per heavy atom. The van der Waals surface area contributed by atoms with Gasteiger partial charge in [0.05, 0.1) is 0 Å². The monoisotopic (exact) mass is 262 g/mol. The minimum absolute atomic E-state index is 0.117. The fourth-order valence-corrected chi connectivity index (χ4v) is 1.56. The molecule has 1 unspecified atom stereocenters. The van der Waals surface area contributed by atoms with Crippen LogP contribution in [0.25, 0.3) is 11.5 Å². The van der Waals surface area contributed by atoms with Crippen molar-refractivity contribution >= 4 is 11.6 Å². The molecule has 1 aromatic carbocycles. The number of carbonyl (C=O) groups excluding carboxylic acids is 1. The van der Waals surface area contributed by atoms with Crippen molar-refractivity contribution in [3.63, 3.8) is 0 Å². The van der Waals surface area contributed by atoms with Gasteiger partial charge in [0.1, 0.15) is 6.10 Å². The zero-order valence-corrected chi connectivity index (χ0v) is 10.4. The molecule has 1 aromatic heterocycles. The van der Waals surface area contributed by atoms with Gasteiger partial charge in [-0.25, -0.2) is 0 Å². The maximum absolute atomic E-state index is 11.8. The lowest BCUT2D eigenvalue weighted by molar-refractivity contribution is -0.125. The van der Waals surface area contributed by atoms with Crippen molar-refractivity contribution in [1.82, 2.24) is 10.2 Å². The molecule has 0 aliphatic rings. The zero-order chi connectivity index (χ0) is 13.7. The van der Waals surface area contributed by atoms with Crippen molar-refractivity contribution in [2.45, 2.75) is 6.10 Å². The van der Waals surface area contributed by atoms with E-state index < -0.39 is 6.10 Å².